The molecule has 0 aromatic heterocycles. The van der Waals surface area contributed by atoms with Crippen LogP contribution in [0, 0.1) is 23.7 Å². The Hall–Kier alpha value is -0.820. The number of nitrogens with one attached hydrogen (secondary N) is 1. The van der Waals surface area contributed by atoms with Crippen molar-refractivity contribution in [3.05, 3.63) is 35.9 Å². The number of hydrogen-bond donors (Lipinski definition) is 1. The van der Waals surface area contributed by atoms with Crippen molar-refractivity contribution >= 4 is 0 Å². The van der Waals surface area contributed by atoms with Crippen LogP contribution in [0.2, 0.25) is 0 Å². The predicted octanol–water partition coefficient (Wildman–Crippen LogP) is 4.59. The Kier molecular flexibility index (Phi) is 3.79. The van der Waals surface area contributed by atoms with E-state index in [9.17, 15) is 0 Å². The Morgan fingerprint density at radius 3 is 2.19 bits per heavy atom. The van der Waals surface area contributed by atoms with Crippen molar-refractivity contribution in [2.75, 3.05) is 6.54 Å². The van der Waals surface area contributed by atoms with Gasteiger partial charge in [0.2, 0.25) is 0 Å². The molecule has 0 saturated heterocycles. The van der Waals surface area contributed by atoms with Gasteiger partial charge in [-0.05, 0) is 80.2 Å². The average molecular weight is 283 g/mol. The quantitative estimate of drug-likeness (QED) is 0.833. The van der Waals surface area contributed by atoms with E-state index in [-0.39, 0.29) is 0 Å². The monoisotopic (exact) mass is 283 g/mol. The van der Waals surface area contributed by atoms with Crippen LogP contribution in [-0.4, -0.2) is 12.6 Å². The Balaban J connectivity index is 1.29. The van der Waals surface area contributed by atoms with E-state index in [1.165, 1.54) is 44.2 Å². The minimum absolute atomic E-state index is 0.676. The molecule has 5 rings (SSSR count). The highest BCUT2D eigenvalue weighted by molar-refractivity contribution is 5.18. The van der Waals surface area contributed by atoms with Crippen LogP contribution in [0.15, 0.2) is 30.3 Å². The topological polar surface area (TPSA) is 12.0 Å². The van der Waals surface area contributed by atoms with Gasteiger partial charge in [0.1, 0.15) is 0 Å². The SMILES string of the molecule is CC(CCNC1C2CC3CC(C2)CC1C3)c1ccccc1. The van der Waals surface area contributed by atoms with Crippen LogP contribution in [0.25, 0.3) is 0 Å². The molecule has 0 spiro atoms. The summed E-state index contributed by atoms with van der Waals surface area (Å²) in [4.78, 5) is 0. The molecule has 4 aliphatic rings. The van der Waals surface area contributed by atoms with Gasteiger partial charge in [0.05, 0.1) is 0 Å². The Bertz CT molecular complexity index is 438. The van der Waals surface area contributed by atoms with Gasteiger partial charge in [-0.3, -0.25) is 0 Å². The summed E-state index contributed by atoms with van der Waals surface area (Å²) >= 11 is 0. The van der Waals surface area contributed by atoms with Gasteiger partial charge in [-0.1, -0.05) is 37.3 Å². The van der Waals surface area contributed by atoms with Gasteiger partial charge in [0.25, 0.3) is 0 Å². The molecular formula is C20H29N. The lowest BCUT2D eigenvalue weighted by Crippen LogP contribution is -2.54. The van der Waals surface area contributed by atoms with Crippen molar-refractivity contribution in [3.8, 4) is 0 Å². The van der Waals surface area contributed by atoms with Crippen LogP contribution in [0.3, 0.4) is 0 Å². The molecule has 4 aliphatic carbocycles. The molecule has 1 aromatic rings. The van der Waals surface area contributed by atoms with Crippen molar-refractivity contribution in [1.82, 2.24) is 5.32 Å². The highest BCUT2D eigenvalue weighted by Gasteiger charge is 2.47. The van der Waals surface area contributed by atoms with Crippen molar-refractivity contribution in [1.29, 1.82) is 0 Å². The maximum absolute atomic E-state index is 3.97. The molecule has 0 radical (unpaired) electrons. The second kappa shape index (κ2) is 5.76. The van der Waals surface area contributed by atoms with E-state index in [0.29, 0.717) is 5.92 Å². The largest absolute Gasteiger partial charge is 0.313 e. The lowest BCUT2D eigenvalue weighted by molar-refractivity contribution is -0.0136. The molecule has 0 heterocycles. The molecule has 1 heteroatoms. The average Bonchev–Trinajstić information content (AvgIpc) is 2.50. The maximum Gasteiger partial charge on any atom is 0.0124 e. The van der Waals surface area contributed by atoms with Crippen LogP contribution in [0.5, 0.6) is 0 Å². The molecule has 0 amide bonds. The fourth-order valence-electron chi connectivity index (χ4n) is 5.67. The summed E-state index contributed by atoms with van der Waals surface area (Å²) in [6.45, 7) is 3.57. The molecular weight excluding hydrogens is 254 g/mol. The van der Waals surface area contributed by atoms with Gasteiger partial charge in [0, 0.05) is 6.04 Å². The van der Waals surface area contributed by atoms with E-state index in [4.69, 9.17) is 0 Å². The lowest BCUT2D eigenvalue weighted by atomic mass is 9.54. The summed E-state index contributed by atoms with van der Waals surface area (Å²) in [6.07, 6.45) is 8.94. The first-order chi connectivity index (χ1) is 10.3. The van der Waals surface area contributed by atoms with Gasteiger partial charge in [0.15, 0.2) is 0 Å². The summed E-state index contributed by atoms with van der Waals surface area (Å²) in [7, 11) is 0. The number of benzene rings is 1. The van der Waals surface area contributed by atoms with Crippen LogP contribution in [0.1, 0.15) is 56.9 Å². The molecule has 4 saturated carbocycles. The maximum atomic E-state index is 3.97. The first-order valence-electron chi connectivity index (χ1n) is 9.08. The first-order valence-corrected chi connectivity index (χ1v) is 9.08. The molecule has 4 fully saturated rings. The summed E-state index contributed by atoms with van der Waals surface area (Å²) in [5.74, 6) is 4.87. The minimum atomic E-state index is 0.676. The van der Waals surface area contributed by atoms with E-state index in [0.717, 1.165) is 29.7 Å². The number of hydrogen-bond acceptors (Lipinski definition) is 1. The van der Waals surface area contributed by atoms with E-state index < -0.39 is 0 Å². The predicted molar refractivity (Wildman–Crippen MR) is 88.3 cm³/mol. The molecule has 4 bridgehead atoms. The van der Waals surface area contributed by atoms with E-state index in [1.807, 2.05) is 0 Å². The zero-order valence-corrected chi connectivity index (χ0v) is 13.3. The standard InChI is InChI=1S/C20H29N/c1-14(17-5-3-2-4-6-17)7-8-21-20-18-10-15-9-16(12-18)13-19(20)11-15/h2-6,14-16,18-21H,7-13H2,1H3. The molecule has 1 nitrogen and oxygen atoms in total. The smallest absolute Gasteiger partial charge is 0.0124 e. The Morgan fingerprint density at radius 1 is 0.952 bits per heavy atom. The van der Waals surface area contributed by atoms with Gasteiger partial charge in [-0.2, -0.15) is 0 Å². The van der Waals surface area contributed by atoms with Crippen molar-refractivity contribution in [2.45, 2.75) is 57.4 Å². The second-order valence-corrected chi connectivity index (χ2v) is 8.01. The normalized spacial score (nSPS) is 38.6. The zero-order chi connectivity index (χ0) is 14.2. The van der Waals surface area contributed by atoms with E-state index in [1.54, 1.807) is 6.42 Å². The molecule has 114 valence electrons. The van der Waals surface area contributed by atoms with Crippen LogP contribution in [-0.2, 0) is 0 Å². The highest BCUT2D eigenvalue weighted by atomic mass is 14.9. The fraction of sp³-hybridized carbons (Fsp3) is 0.700. The van der Waals surface area contributed by atoms with E-state index in [2.05, 4.69) is 42.6 Å². The van der Waals surface area contributed by atoms with Gasteiger partial charge < -0.3 is 5.32 Å². The highest BCUT2D eigenvalue weighted by Crippen LogP contribution is 2.53. The minimum Gasteiger partial charge on any atom is -0.313 e. The number of rotatable bonds is 5. The third-order valence-corrected chi connectivity index (χ3v) is 6.55. The van der Waals surface area contributed by atoms with Crippen LogP contribution in [0.4, 0.5) is 0 Å². The zero-order valence-electron chi connectivity index (χ0n) is 13.3. The fourth-order valence-corrected chi connectivity index (χ4v) is 5.67. The lowest BCUT2D eigenvalue weighted by Gasteiger charge is -2.54. The van der Waals surface area contributed by atoms with Gasteiger partial charge >= 0.3 is 0 Å². The molecule has 1 atom stereocenters. The van der Waals surface area contributed by atoms with Gasteiger partial charge in [-0.15, -0.1) is 0 Å². The van der Waals surface area contributed by atoms with Gasteiger partial charge in [-0.25, -0.2) is 0 Å². The molecule has 1 unspecified atom stereocenters. The van der Waals surface area contributed by atoms with Crippen molar-refractivity contribution in [2.24, 2.45) is 23.7 Å². The Labute approximate surface area is 129 Å². The summed E-state index contributed by atoms with van der Waals surface area (Å²) in [6, 6.07) is 11.8. The summed E-state index contributed by atoms with van der Waals surface area (Å²) in [5.41, 5.74) is 1.49. The third kappa shape index (κ3) is 2.77. The van der Waals surface area contributed by atoms with Crippen molar-refractivity contribution < 1.29 is 0 Å². The molecule has 21 heavy (non-hydrogen) atoms. The summed E-state index contributed by atoms with van der Waals surface area (Å²) in [5, 5.41) is 3.97. The van der Waals surface area contributed by atoms with Crippen molar-refractivity contribution in [3.63, 3.8) is 0 Å². The third-order valence-electron chi connectivity index (χ3n) is 6.55. The van der Waals surface area contributed by atoms with Crippen LogP contribution >= 0.6 is 0 Å². The molecule has 1 aromatic carbocycles. The second-order valence-electron chi connectivity index (χ2n) is 8.01. The van der Waals surface area contributed by atoms with Crippen LogP contribution < -0.4 is 5.32 Å². The molecule has 1 N–H and O–H groups in total. The Morgan fingerprint density at radius 2 is 1.57 bits per heavy atom. The summed E-state index contributed by atoms with van der Waals surface area (Å²) < 4.78 is 0. The first kappa shape index (κ1) is 13.8. The van der Waals surface area contributed by atoms with E-state index >= 15 is 0 Å². The molecule has 0 aliphatic heterocycles.